The number of ether oxygens (including phenoxy) is 1. The number of carbonyl (C=O) groups excluding carboxylic acids is 1. The molecule has 132 valence electrons. The lowest BCUT2D eigenvalue weighted by molar-refractivity contribution is 0.104. The third-order valence-corrected chi connectivity index (χ3v) is 5.17. The van der Waals surface area contributed by atoms with Crippen molar-refractivity contribution in [2.24, 2.45) is 0 Å². The zero-order valence-corrected chi connectivity index (χ0v) is 15.3. The molecule has 1 heterocycles. The van der Waals surface area contributed by atoms with Gasteiger partial charge < -0.3 is 10.1 Å². The molecule has 1 aliphatic rings. The molecule has 0 amide bonds. The number of carbonyl (C=O) groups is 1. The van der Waals surface area contributed by atoms with Crippen molar-refractivity contribution in [3.05, 3.63) is 70.8 Å². The van der Waals surface area contributed by atoms with Gasteiger partial charge >= 0.3 is 0 Å². The van der Waals surface area contributed by atoms with Gasteiger partial charge in [0.05, 0.1) is 24.3 Å². The lowest BCUT2D eigenvalue weighted by Crippen LogP contribution is -2.34. The third-order valence-electron chi connectivity index (χ3n) is 5.17. The number of rotatable bonds is 5. The Bertz CT molecular complexity index is 918. The first-order valence-electron chi connectivity index (χ1n) is 8.80. The number of nitriles is 1. The van der Waals surface area contributed by atoms with Crippen molar-refractivity contribution < 1.29 is 9.53 Å². The number of ketones is 1. The standard InChI is InChI=1S/C22H22N2O2/c1-4-22(5-2)19-10-9-17(26-3)12-18(19)20(24-22)13-21(25)16-8-6-7-15(11-16)14-23/h6-13,24H,4-5H2,1-3H3/b20-13-. The van der Waals surface area contributed by atoms with Crippen molar-refractivity contribution in [1.29, 1.82) is 5.26 Å². The van der Waals surface area contributed by atoms with Crippen LogP contribution in [0.3, 0.4) is 0 Å². The van der Waals surface area contributed by atoms with Crippen molar-refractivity contribution in [3.8, 4) is 11.8 Å². The molecule has 2 aromatic rings. The number of nitrogens with zero attached hydrogens (tertiary/aromatic N) is 1. The second kappa shape index (κ2) is 7.05. The number of fused-ring (bicyclic) bond motifs is 1. The molecule has 2 aromatic carbocycles. The van der Waals surface area contributed by atoms with Gasteiger partial charge in [0, 0.05) is 22.9 Å². The summed E-state index contributed by atoms with van der Waals surface area (Å²) in [5.41, 5.74) is 3.80. The predicted octanol–water partition coefficient (Wildman–Crippen LogP) is 4.41. The lowest BCUT2D eigenvalue weighted by atomic mass is 9.85. The third kappa shape index (κ3) is 2.97. The Morgan fingerprint density at radius 1 is 1.23 bits per heavy atom. The number of allylic oxidation sites excluding steroid dienone is 1. The summed E-state index contributed by atoms with van der Waals surface area (Å²) in [5.74, 6) is 0.639. The van der Waals surface area contributed by atoms with Gasteiger partial charge in [0.25, 0.3) is 0 Å². The van der Waals surface area contributed by atoms with Crippen LogP contribution in [0, 0.1) is 11.3 Å². The van der Waals surface area contributed by atoms with E-state index in [0.29, 0.717) is 11.1 Å². The highest BCUT2D eigenvalue weighted by Crippen LogP contribution is 2.43. The summed E-state index contributed by atoms with van der Waals surface area (Å²) in [4.78, 5) is 12.8. The molecule has 4 nitrogen and oxygen atoms in total. The van der Waals surface area contributed by atoms with Crippen molar-refractivity contribution in [2.75, 3.05) is 7.11 Å². The van der Waals surface area contributed by atoms with E-state index in [0.717, 1.165) is 29.9 Å². The zero-order chi connectivity index (χ0) is 18.7. The maximum Gasteiger partial charge on any atom is 0.187 e. The quantitative estimate of drug-likeness (QED) is 0.643. The van der Waals surface area contributed by atoms with E-state index in [-0.39, 0.29) is 11.3 Å². The molecule has 0 atom stereocenters. The Morgan fingerprint density at radius 3 is 2.65 bits per heavy atom. The molecular weight excluding hydrogens is 324 g/mol. The number of nitrogens with one attached hydrogen (secondary N) is 1. The smallest absolute Gasteiger partial charge is 0.187 e. The molecule has 0 unspecified atom stereocenters. The summed E-state index contributed by atoms with van der Waals surface area (Å²) in [6, 6.07) is 14.9. The van der Waals surface area contributed by atoms with Gasteiger partial charge in [0.2, 0.25) is 0 Å². The van der Waals surface area contributed by atoms with Crippen LogP contribution in [0.4, 0.5) is 0 Å². The topological polar surface area (TPSA) is 62.1 Å². The van der Waals surface area contributed by atoms with Gasteiger partial charge in [-0.15, -0.1) is 0 Å². The van der Waals surface area contributed by atoms with E-state index in [1.807, 2.05) is 12.1 Å². The highest BCUT2D eigenvalue weighted by Gasteiger charge is 2.38. The van der Waals surface area contributed by atoms with Gasteiger partial charge in [0.15, 0.2) is 5.78 Å². The summed E-state index contributed by atoms with van der Waals surface area (Å²) < 4.78 is 5.37. The van der Waals surface area contributed by atoms with E-state index in [4.69, 9.17) is 10.00 Å². The Labute approximate surface area is 154 Å². The molecule has 4 heteroatoms. The van der Waals surface area contributed by atoms with Crippen LogP contribution >= 0.6 is 0 Å². The SMILES string of the molecule is CCC1(CC)N/C(=C\C(=O)c2cccc(C#N)c2)c2cc(OC)ccc21. The van der Waals surface area contributed by atoms with Crippen LogP contribution in [-0.2, 0) is 5.54 Å². The van der Waals surface area contributed by atoms with Gasteiger partial charge in [-0.05, 0) is 42.7 Å². The Balaban J connectivity index is 2.07. The van der Waals surface area contributed by atoms with Crippen molar-refractivity contribution in [2.45, 2.75) is 32.2 Å². The van der Waals surface area contributed by atoms with E-state index in [2.05, 4.69) is 31.3 Å². The van der Waals surface area contributed by atoms with Gasteiger partial charge in [-0.2, -0.15) is 5.26 Å². The molecule has 0 aliphatic carbocycles. The average Bonchev–Trinajstić information content (AvgIpc) is 3.01. The van der Waals surface area contributed by atoms with Crippen molar-refractivity contribution in [1.82, 2.24) is 5.32 Å². The van der Waals surface area contributed by atoms with E-state index in [1.165, 1.54) is 5.56 Å². The van der Waals surface area contributed by atoms with Crippen molar-refractivity contribution >= 4 is 11.5 Å². The monoisotopic (exact) mass is 346 g/mol. The number of methoxy groups -OCH3 is 1. The maximum atomic E-state index is 12.8. The van der Waals surface area contributed by atoms with Gasteiger partial charge in [0.1, 0.15) is 5.75 Å². The molecule has 0 radical (unpaired) electrons. The van der Waals surface area contributed by atoms with Gasteiger partial charge in [-0.3, -0.25) is 4.79 Å². The van der Waals surface area contributed by atoms with Crippen molar-refractivity contribution in [3.63, 3.8) is 0 Å². The van der Waals surface area contributed by atoms with E-state index in [1.54, 1.807) is 37.5 Å². The fourth-order valence-electron chi connectivity index (χ4n) is 3.56. The van der Waals surface area contributed by atoms with Crippen LogP contribution < -0.4 is 10.1 Å². The summed E-state index contributed by atoms with van der Waals surface area (Å²) >= 11 is 0. The molecule has 0 spiro atoms. The van der Waals surface area contributed by atoms with E-state index < -0.39 is 0 Å². The molecule has 0 fully saturated rings. The number of benzene rings is 2. The number of hydrogen-bond donors (Lipinski definition) is 1. The predicted molar refractivity (Wildman–Crippen MR) is 102 cm³/mol. The fourth-order valence-corrected chi connectivity index (χ4v) is 3.56. The minimum absolute atomic E-state index is 0.124. The first kappa shape index (κ1) is 17.8. The average molecular weight is 346 g/mol. The van der Waals surface area contributed by atoms with Gasteiger partial charge in [-0.1, -0.05) is 32.0 Å². The molecule has 0 saturated heterocycles. The lowest BCUT2D eigenvalue weighted by Gasteiger charge is -2.28. The summed E-state index contributed by atoms with van der Waals surface area (Å²) in [5, 5.41) is 12.6. The first-order chi connectivity index (χ1) is 12.6. The maximum absolute atomic E-state index is 12.8. The minimum Gasteiger partial charge on any atom is -0.497 e. The van der Waals surface area contributed by atoms with Crippen LogP contribution in [0.15, 0.2) is 48.5 Å². The van der Waals surface area contributed by atoms with E-state index >= 15 is 0 Å². The first-order valence-corrected chi connectivity index (χ1v) is 8.80. The summed E-state index contributed by atoms with van der Waals surface area (Å²) in [6.07, 6.45) is 3.46. The molecular formula is C22H22N2O2. The Hall–Kier alpha value is -3.06. The molecule has 1 N–H and O–H groups in total. The summed E-state index contributed by atoms with van der Waals surface area (Å²) in [7, 11) is 1.64. The summed E-state index contributed by atoms with van der Waals surface area (Å²) in [6.45, 7) is 4.29. The molecule has 0 aromatic heterocycles. The minimum atomic E-state index is -0.178. The second-order valence-electron chi connectivity index (χ2n) is 6.44. The Morgan fingerprint density at radius 2 is 2.00 bits per heavy atom. The molecule has 0 bridgehead atoms. The highest BCUT2D eigenvalue weighted by atomic mass is 16.5. The molecule has 26 heavy (non-hydrogen) atoms. The highest BCUT2D eigenvalue weighted by molar-refractivity contribution is 6.09. The normalized spacial score (nSPS) is 15.8. The fraction of sp³-hybridized carbons (Fsp3) is 0.273. The Kier molecular flexibility index (Phi) is 4.81. The van der Waals surface area contributed by atoms with Crippen LogP contribution in [0.5, 0.6) is 5.75 Å². The molecule has 3 rings (SSSR count). The van der Waals surface area contributed by atoms with Gasteiger partial charge in [-0.25, -0.2) is 0 Å². The molecule has 0 saturated carbocycles. The van der Waals surface area contributed by atoms with Crippen LogP contribution in [0.1, 0.15) is 53.7 Å². The van der Waals surface area contributed by atoms with Crippen LogP contribution in [0.25, 0.3) is 5.70 Å². The van der Waals surface area contributed by atoms with E-state index in [9.17, 15) is 4.79 Å². The zero-order valence-electron chi connectivity index (χ0n) is 15.3. The number of hydrogen-bond acceptors (Lipinski definition) is 4. The van der Waals surface area contributed by atoms with Crippen LogP contribution in [-0.4, -0.2) is 12.9 Å². The van der Waals surface area contributed by atoms with Crippen LogP contribution in [0.2, 0.25) is 0 Å². The largest absolute Gasteiger partial charge is 0.497 e. The molecule has 1 aliphatic heterocycles. The second-order valence-corrected chi connectivity index (χ2v) is 6.44.